The van der Waals surface area contributed by atoms with Crippen LogP contribution in [0, 0.1) is 0 Å². The SMILES string of the molecule is CC1(C)CC(=O)Nc2cccc(CNc3nc(Nc4ccc(C5CCCN(CC(O)C(F)(F)F)C5)cc4)ncc3Cl)c21. The Kier molecular flexibility index (Phi) is 8.63. The van der Waals surface area contributed by atoms with Crippen molar-refractivity contribution in [2.75, 3.05) is 35.6 Å². The standard InChI is InChI=1S/C30H34ClF3N6O2/c1-29(2)13-25(42)38-23-7-3-5-19(26(23)29)14-35-27-22(31)15-36-28(39-27)37-21-10-8-18(9-11-21)20-6-4-12-40(16-20)17-24(41)30(32,33)34/h3,5,7-11,15,20,24,41H,4,6,12-14,16-17H2,1-2H3,(H,38,42)(H2,35,36,37,39). The molecule has 3 heterocycles. The number of nitrogens with zero attached hydrogens (tertiary/aromatic N) is 3. The number of carbonyl (C=O) groups excluding carboxylic acids is 1. The summed E-state index contributed by atoms with van der Waals surface area (Å²) >= 11 is 6.40. The fourth-order valence-electron chi connectivity index (χ4n) is 5.87. The summed E-state index contributed by atoms with van der Waals surface area (Å²) in [6.07, 6.45) is -3.40. The van der Waals surface area contributed by atoms with Crippen molar-refractivity contribution in [3.8, 4) is 0 Å². The van der Waals surface area contributed by atoms with Gasteiger partial charge in [-0.25, -0.2) is 4.98 Å². The molecule has 0 radical (unpaired) electrons. The number of piperidine rings is 1. The van der Waals surface area contributed by atoms with Crippen LogP contribution in [0.25, 0.3) is 0 Å². The lowest BCUT2D eigenvalue weighted by molar-refractivity contribution is -0.208. The molecule has 1 fully saturated rings. The molecular weight excluding hydrogens is 569 g/mol. The summed E-state index contributed by atoms with van der Waals surface area (Å²) in [7, 11) is 0. The number of aliphatic hydroxyl groups excluding tert-OH is 1. The van der Waals surface area contributed by atoms with Crippen LogP contribution in [-0.2, 0) is 16.8 Å². The number of aliphatic hydroxyl groups is 1. The molecule has 5 rings (SSSR count). The highest BCUT2D eigenvalue weighted by Gasteiger charge is 2.40. The number of benzene rings is 2. The fourth-order valence-corrected chi connectivity index (χ4v) is 6.03. The van der Waals surface area contributed by atoms with Crippen molar-refractivity contribution >= 4 is 40.6 Å². The molecular formula is C30H34ClF3N6O2. The molecule has 2 aliphatic rings. The molecule has 1 aromatic heterocycles. The molecule has 0 bridgehead atoms. The highest BCUT2D eigenvalue weighted by molar-refractivity contribution is 6.32. The van der Waals surface area contributed by atoms with E-state index in [1.807, 2.05) is 42.5 Å². The molecule has 224 valence electrons. The third-order valence-corrected chi connectivity index (χ3v) is 8.12. The zero-order chi connectivity index (χ0) is 30.1. The van der Waals surface area contributed by atoms with Gasteiger partial charge in [-0.05, 0) is 60.2 Å². The third-order valence-electron chi connectivity index (χ3n) is 7.85. The Morgan fingerprint density at radius 1 is 1.21 bits per heavy atom. The monoisotopic (exact) mass is 602 g/mol. The first kappa shape index (κ1) is 30.1. The van der Waals surface area contributed by atoms with Crippen molar-refractivity contribution < 1.29 is 23.1 Å². The van der Waals surface area contributed by atoms with E-state index in [1.165, 1.54) is 6.20 Å². The van der Waals surface area contributed by atoms with Gasteiger partial charge in [-0.1, -0.05) is 49.7 Å². The second-order valence-corrected chi connectivity index (χ2v) is 12.0. The van der Waals surface area contributed by atoms with Gasteiger partial charge in [-0.15, -0.1) is 0 Å². The van der Waals surface area contributed by atoms with E-state index in [0.29, 0.717) is 42.8 Å². The zero-order valence-electron chi connectivity index (χ0n) is 23.4. The quantitative estimate of drug-likeness (QED) is 0.243. The highest BCUT2D eigenvalue weighted by Crippen LogP contribution is 2.40. The maximum absolute atomic E-state index is 12.8. The van der Waals surface area contributed by atoms with Crippen molar-refractivity contribution in [3.05, 3.63) is 70.4 Å². The maximum atomic E-state index is 12.8. The molecule has 0 saturated carbocycles. The number of amides is 1. The molecule has 2 aliphatic heterocycles. The molecule has 12 heteroatoms. The van der Waals surface area contributed by atoms with Gasteiger partial charge >= 0.3 is 6.18 Å². The van der Waals surface area contributed by atoms with Crippen molar-refractivity contribution in [2.24, 2.45) is 0 Å². The zero-order valence-corrected chi connectivity index (χ0v) is 24.2. The van der Waals surface area contributed by atoms with Crippen LogP contribution in [-0.4, -0.2) is 57.8 Å². The molecule has 0 aliphatic carbocycles. The van der Waals surface area contributed by atoms with E-state index < -0.39 is 18.8 Å². The second-order valence-electron chi connectivity index (χ2n) is 11.6. The number of fused-ring (bicyclic) bond motifs is 1. The maximum Gasteiger partial charge on any atom is 0.415 e. The van der Waals surface area contributed by atoms with Crippen molar-refractivity contribution in [3.63, 3.8) is 0 Å². The van der Waals surface area contributed by atoms with E-state index in [2.05, 4.69) is 39.8 Å². The first-order valence-electron chi connectivity index (χ1n) is 13.9. The predicted octanol–water partition coefficient (Wildman–Crippen LogP) is 6.21. The van der Waals surface area contributed by atoms with E-state index in [-0.39, 0.29) is 17.2 Å². The van der Waals surface area contributed by atoms with E-state index >= 15 is 0 Å². The van der Waals surface area contributed by atoms with Gasteiger partial charge in [0.15, 0.2) is 11.9 Å². The predicted molar refractivity (Wildman–Crippen MR) is 157 cm³/mol. The second kappa shape index (κ2) is 12.1. The Morgan fingerprint density at radius 2 is 1.98 bits per heavy atom. The Bertz CT molecular complexity index is 1430. The summed E-state index contributed by atoms with van der Waals surface area (Å²) in [5.74, 6) is 0.895. The molecule has 3 aromatic rings. The van der Waals surface area contributed by atoms with E-state index in [9.17, 15) is 23.1 Å². The molecule has 0 spiro atoms. The van der Waals surface area contributed by atoms with Gasteiger partial charge < -0.3 is 21.1 Å². The van der Waals surface area contributed by atoms with Crippen molar-refractivity contribution in [2.45, 2.75) is 63.3 Å². The van der Waals surface area contributed by atoms with E-state index in [4.69, 9.17) is 11.6 Å². The topological polar surface area (TPSA) is 102 Å². The van der Waals surface area contributed by atoms with Crippen LogP contribution in [0.5, 0.6) is 0 Å². The number of nitrogens with one attached hydrogen (secondary N) is 3. The lowest BCUT2D eigenvalue weighted by Gasteiger charge is -2.34. The summed E-state index contributed by atoms with van der Waals surface area (Å²) in [6.45, 7) is 5.15. The number of carbonyl (C=O) groups is 1. The smallest absolute Gasteiger partial charge is 0.382 e. The number of hydrogen-bond acceptors (Lipinski definition) is 7. The molecule has 2 aromatic carbocycles. The van der Waals surface area contributed by atoms with Crippen LogP contribution >= 0.6 is 11.6 Å². The van der Waals surface area contributed by atoms with Crippen LogP contribution < -0.4 is 16.0 Å². The third kappa shape index (κ3) is 6.96. The van der Waals surface area contributed by atoms with Crippen LogP contribution in [0.3, 0.4) is 0 Å². The highest BCUT2D eigenvalue weighted by atomic mass is 35.5. The first-order valence-corrected chi connectivity index (χ1v) is 14.3. The van der Waals surface area contributed by atoms with E-state index in [1.54, 1.807) is 4.90 Å². The van der Waals surface area contributed by atoms with Crippen molar-refractivity contribution in [1.82, 2.24) is 14.9 Å². The minimum atomic E-state index is -4.61. The van der Waals surface area contributed by atoms with E-state index in [0.717, 1.165) is 40.9 Å². The number of alkyl halides is 3. The molecule has 4 N–H and O–H groups in total. The molecule has 42 heavy (non-hydrogen) atoms. The summed E-state index contributed by atoms with van der Waals surface area (Å²) < 4.78 is 38.4. The minimum absolute atomic E-state index is 0.00156. The van der Waals surface area contributed by atoms with Crippen LogP contribution in [0.1, 0.15) is 55.7 Å². The first-order chi connectivity index (χ1) is 19.9. The van der Waals surface area contributed by atoms with Gasteiger partial charge in [0, 0.05) is 42.8 Å². The summed E-state index contributed by atoms with van der Waals surface area (Å²) in [4.78, 5) is 22.7. The number of aromatic nitrogens is 2. The molecule has 8 nitrogen and oxygen atoms in total. The normalized spacial score (nSPS) is 19.5. The number of rotatable bonds is 8. The molecule has 2 atom stereocenters. The Balaban J connectivity index is 1.23. The Morgan fingerprint density at radius 3 is 2.71 bits per heavy atom. The average molecular weight is 603 g/mol. The lowest BCUT2D eigenvalue weighted by Crippen LogP contribution is -2.44. The van der Waals surface area contributed by atoms with Gasteiger partial charge in [0.25, 0.3) is 0 Å². The summed E-state index contributed by atoms with van der Waals surface area (Å²) in [6, 6.07) is 13.5. The summed E-state index contributed by atoms with van der Waals surface area (Å²) in [5.41, 5.74) is 4.39. The molecule has 1 saturated heterocycles. The van der Waals surface area contributed by atoms with Gasteiger partial charge in [0.05, 0.1) is 6.20 Å². The lowest BCUT2D eigenvalue weighted by atomic mass is 9.75. The van der Waals surface area contributed by atoms with Crippen LogP contribution in [0.15, 0.2) is 48.7 Å². The molecule has 2 unspecified atom stereocenters. The van der Waals surface area contributed by atoms with Gasteiger partial charge in [0.2, 0.25) is 11.9 Å². The number of likely N-dealkylation sites (tertiary alicyclic amines) is 1. The number of anilines is 4. The number of β-amino-alcohol motifs (C(OH)–C–C–N with tert-alkyl or cyclic N) is 1. The van der Waals surface area contributed by atoms with Gasteiger partial charge in [-0.3, -0.25) is 9.69 Å². The summed E-state index contributed by atoms with van der Waals surface area (Å²) in [5, 5.41) is 19.3. The number of halogens is 4. The Labute approximate surface area is 247 Å². The number of hydrogen-bond donors (Lipinski definition) is 4. The Hall–Kier alpha value is -3.41. The van der Waals surface area contributed by atoms with Gasteiger partial charge in [-0.2, -0.15) is 18.2 Å². The largest absolute Gasteiger partial charge is 0.415 e. The van der Waals surface area contributed by atoms with Crippen LogP contribution in [0.2, 0.25) is 5.02 Å². The van der Waals surface area contributed by atoms with Crippen molar-refractivity contribution in [1.29, 1.82) is 0 Å². The molecule has 1 amide bonds. The fraction of sp³-hybridized carbons (Fsp3) is 0.433. The van der Waals surface area contributed by atoms with Crippen LogP contribution in [0.4, 0.5) is 36.3 Å². The van der Waals surface area contributed by atoms with Gasteiger partial charge in [0.1, 0.15) is 5.02 Å². The average Bonchev–Trinajstić information content (AvgIpc) is 2.92. The minimum Gasteiger partial charge on any atom is -0.382 e.